The van der Waals surface area contributed by atoms with Crippen LogP contribution in [0.2, 0.25) is 0 Å². The van der Waals surface area contributed by atoms with Gasteiger partial charge in [-0.05, 0) is 61.0 Å². The molecule has 0 fully saturated rings. The second-order valence-electron chi connectivity index (χ2n) is 7.34. The molecule has 1 unspecified atom stereocenters. The van der Waals surface area contributed by atoms with Crippen molar-refractivity contribution < 1.29 is 28.5 Å². The number of methoxy groups -OCH3 is 2. The summed E-state index contributed by atoms with van der Waals surface area (Å²) in [6, 6.07) is 19.9. The average Bonchev–Trinajstić information content (AvgIpc) is 2.90. The van der Waals surface area contributed by atoms with E-state index in [1.165, 1.54) is 14.2 Å². The predicted octanol–water partition coefficient (Wildman–Crippen LogP) is 4.55. The lowest BCUT2D eigenvalue weighted by molar-refractivity contribution is -0.141. The van der Waals surface area contributed by atoms with Crippen molar-refractivity contribution in [3.05, 3.63) is 83.4 Å². The van der Waals surface area contributed by atoms with Gasteiger partial charge in [0.05, 0.1) is 38.0 Å². The van der Waals surface area contributed by atoms with E-state index in [9.17, 15) is 9.59 Å². The summed E-state index contributed by atoms with van der Waals surface area (Å²) < 4.78 is 21.7. The molecular weight excluding hydrogens is 448 g/mol. The predicted molar refractivity (Wildman–Crippen MR) is 130 cm³/mol. The molecule has 3 aromatic rings. The number of carbonyl (C=O) groups excluding carboxylic acids is 2. The number of ketones is 1. The molecule has 180 valence electrons. The summed E-state index contributed by atoms with van der Waals surface area (Å²) in [6.07, 6.45) is 0. The lowest BCUT2D eigenvalue weighted by Gasteiger charge is -2.20. The molecule has 1 N–H and O–H groups in total. The van der Waals surface area contributed by atoms with Crippen molar-refractivity contribution >= 4 is 17.4 Å². The molecule has 0 aromatic heterocycles. The van der Waals surface area contributed by atoms with Gasteiger partial charge in [0.15, 0.2) is 24.1 Å². The Hall–Kier alpha value is -4.51. The number of para-hydroxylation sites is 1. The van der Waals surface area contributed by atoms with Crippen LogP contribution in [-0.2, 0) is 9.53 Å². The van der Waals surface area contributed by atoms with Gasteiger partial charge in [0.2, 0.25) is 5.78 Å². The van der Waals surface area contributed by atoms with Crippen molar-refractivity contribution in [2.24, 2.45) is 0 Å². The minimum absolute atomic E-state index is 0.219. The van der Waals surface area contributed by atoms with Crippen molar-refractivity contribution in [3.63, 3.8) is 0 Å². The van der Waals surface area contributed by atoms with Crippen LogP contribution in [0.1, 0.15) is 34.5 Å². The van der Waals surface area contributed by atoms with Crippen molar-refractivity contribution in [2.75, 3.05) is 32.8 Å². The minimum atomic E-state index is -0.837. The zero-order valence-corrected chi connectivity index (χ0v) is 19.7. The molecule has 3 aromatic carbocycles. The summed E-state index contributed by atoms with van der Waals surface area (Å²) in [5.74, 6) is 0.464. The van der Waals surface area contributed by atoms with Gasteiger partial charge in [-0.15, -0.1) is 0 Å². The van der Waals surface area contributed by atoms with Gasteiger partial charge in [0.25, 0.3) is 0 Å². The maximum atomic E-state index is 12.7. The van der Waals surface area contributed by atoms with Gasteiger partial charge in [0, 0.05) is 5.69 Å². The lowest BCUT2D eigenvalue weighted by Crippen LogP contribution is -2.22. The minimum Gasteiger partial charge on any atom is -0.496 e. The van der Waals surface area contributed by atoms with E-state index in [1.807, 2.05) is 6.92 Å². The molecular formula is C27H26N2O6. The van der Waals surface area contributed by atoms with Gasteiger partial charge in [-0.3, -0.25) is 4.79 Å². The first-order chi connectivity index (χ1) is 17.0. The Morgan fingerprint density at radius 1 is 0.943 bits per heavy atom. The van der Waals surface area contributed by atoms with Crippen LogP contribution in [0.3, 0.4) is 0 Å². The number of nitrogens with zero attached hydrogens (tertiary/aromatic N) is 1. The Morgan fingerprint density at radius 3 is 2.34 bits per heavy atom. The monoisotopic (exact) mass is 474 g/mol. The largest absolute Gasteiger partial charge is 0.496 e. The number of hydrogen-bond donors (Lipinski definition) is 1. The number of ether oxygens (including phenoxy) is 4. The smallest absolute Gasteiger partial charge is 0.332 e. The van der Waals surface area contributed by atoms with Gasteiger partial charge in [-0.1, -0.05) is 18.2 Å². The van der Waals surface area contributed by atoms with Crippen molar-refractivity contribution in [3.8, 4) is 23.3 Å². The van der Waals surface area contributed by atoms with Crippen LogP contribution in [0.4, 0.5) is 5.69 Å². The van der Waals surface area contributed by atoms with Crippen LogP contribution in [-0.4, -0.2) is 39.2 Å². The number of carbonyl (C=O) groups is 2. The molecule has 35 heavy (non-hydrogen) atoms. The second-order valence-corrected chi connectivity index (χ2v) is 7.34. The Balaban J connectivity index is 1.83. The third-order valence-electron chi connectivity index (χ3n) is 5.13. The number of rotatable bonds is 11. The highest BCUT2D eigenvalue weighted by Crippen LogP contribution is 2.33. The SMILES string of the molecule is CCOc1cc(C(Nc2ccc(C#N)cc2)C(=O)OC)ccc1OCC(=O)c1ccccc1OC. The third-order valence-corrected chi connectivity index (χ3v) is 5.13. The average molecular weight is 475 g/mol. The van der Waals surface area contributed by atoms with Crippen molar-refractivity contribution in [1.29, 1.82) is 5.26 Å². The highest BCUT2D eigenvalue weighted by Gasteiger charge is 2.23. The van der Waals surface area contributed by atoms with E-state index in [2.05, 4.69) is 11.4 Å². The Morgan fingerprint density at radius 2 is 1.69 bits per heavy atom. The normalized spacial score (nSPS) is 11.0. The highest BCUT2D eigenvalue weighted by atomic mass is 16.5. The molecule has 0 aliphatic rings. The number of nitriles is 1. The van der Waals surface area contributed by atoms with Crippen LogP contribution in [0.25, 0.3) is 0 Å². The van der Waals surface area contributed by atoms with Gasteiger partial charge >= 0.3 is 5.97 Å². The molecule has 0 aliphatic carbocycles. The van der Waals surface area contributed by atoms with E-state index in [1.54, 1.807) is 66.7 Å². The fraction of sp³-hybridized carbons (Fsp3) is 0.222. The maximum absolute atomic E-state index is 12.7. The van der Waals surface area contributed by atoms with Gasteiger partial charge < -0.3 is 24.3 Å². The number of hydrogen-bond acceptors (Lipinski definition) is 8. The molecule has 0 radical (unpaired) electrons. The van der Waals surface area contributed by atoms with Gasteiger partial charge in [-0.25, -0.2) is 4.79 Å². The van der Waals surface area contributed by atoms with E-state index in [4.69, 9.17) is 24.2 Å². The highest BCUT2D eigenvalue weighted by molar-refractivity contribution is 5.99. The van der Waals surface area contributed by atoms with E-state index < -0.39 is 12.0 Å². The number of esters is 1. The van der Waals surface area contributed by atoms with Crippen LogP contribution in [0.15, 0.2) is 66.7 Å². The molecule has 1 atom stereocenters. The van der Waals surface area contributed by atoms with Crippen LogP contribution in [0.5, 0.6) is 17.2 Å². The first-order valence-corrected chi connectivity index (χ1v) is 10.9. The summed E-state index contributed by atoms with van der Waals surface area (Å²) in [4.78, 5) is 25.2. The summed E-state index contributed by atoms with van der Waals surface area (Å²) >= 11 is 0. The van der Waals surface area contributed by atoms with E-state index >= 15 is 0 Å². The second kappa shape index (κ2) is 12.1. The summed E-state index contributed by atoms with van der Waals surface area (Å²) in [6.45, 7) is 1.96. The fourth-order valence-corrected chi connectivity index (χ4v) is 3.39. The quantitative estimate of drug-likeness (QED) is 0.319. The zero-order chi connectivity index (χ0) is 25.2. The van der Waals surface area contributed by atoms with Crippen LogP contribution >= 0.6 is 0 Å². The summed E-state index contributed by atoms with van der Waals surface area (Å²) in [5, 5.41) is 12.1. The number of anilines is 1. The van der Waals surface area contributed by atoms with Crippen LogP contribution < -0.4 is 19.5 Å². The van der Waals surface area contributed by atoms with E-state index in [0.29, 0.717) is 46.2 Å². The molecule has 0 amide bonds. The molecule has 3 rings (SSSR count). The first-order valence-electron chi connectivity index (χ1n) is 10.9. The van der Waals surface area contributed by atoms with Gasteiger partial charge in [0.1, 0.15) is 5.75 Å². The molecule has 8 nitrogen and oxygen atoms in total. The standard InChI is InChI=1S/C27H26N2O6/c1-4-34-25-15-19(26(27(31)33-3)29-20-12-9-18(16-28)10-13-20)11-14-24(25)35-17-22(30)21-7-5-6-8-23(21)32-2/h5-15,26,29H,4,17H2,1-3H3. The molecule has 0 bridgehead atoms. The molecule has 0 saturated heterocycles. The molecule has 0 aliphatic heterocycles. The number of benzene rings is 3. The Labute approximate surface area is 204 Å². The zero-order valence-electron chi connectivity index (χ0n) is 19.7. The molecule has 0 spiro atoms. The number of Topliss-reactive ketones (excluding diaryl/α,β-unsaturated/α-hetero) is 1. The molecule has 8 heteroatoms. The third kappa shape index (κ3) is 6.30. The number of nitrogens with one attached hydrogen (secondary N) is 1. The van der Waals surface area contributed by atoms with E-state index in [0.717, 1.165) is 0 Å². The molecule has 0 saturated carbocycles. The lowest BCUT2D eigenvalue weighted by atomic mass is 10.1. The van der Waals surface area contributed by atoms with E-state index in [-0.39, 0.29) is 12.4 Å². The topological polar surface area (TPSA) is 107 Å². The summed E-state index contributed by atoms with van der Waals surface area (Å²) in [7, 11) is 2.81. The maximum Gasteiger partial charge on any atom is 0.332 e. The van der Waals surface area contributed by atoms with Crippen molar-refractivity contribution in [2.45, 2.75) is 13.0 Å². The van der Waals surface area contributed by atoms with Gasteiger partial charge in [-0.2, -0.15) is 5.26 Å². The Kier molecular flexibility index (Phi) is 8.68. The molecule has 0 heterocycles. The van der Waals surface area contributed by atoms with Crippen LogP contribution in [0, 0.1) is 11.3 Å². The van der Waals surface area contributed by atoms with Crippen molar-refractivity contribution in [1.82, 2.24) is 0 Å². The first kappa shape index (κ1) is 25.1. The Bertz CT molecular complexity index is 1220. The summed E-state index contributed by atoms with van der Waals surface area (Å²) in [5.41, 5.74) is 2.14. The fourth-order valence-electron chi connectivity index (χ4n) is 3.39.